The molecule has 1 atom stereocenters. The van der Waals surface area contributed by atoms with Crippen molar-refractivity contribution in [3.63, 3.8) is 0 Å². The zero-order chi connectivity index (χ0) is 12.8. The third-order valence-electron chi connectivity index (χ3n) is 2.23. The van der Waals surface area contributed by atoms with Gasteiger partial charge >= 0.3 is 5.82 Å². The van der Waals surface area contributed by atoms with Crippen LogP contribution >= 0.6 is 0 Å². The van der Waals surface area contributed by atoms with Crippen molar-refractivity contribution in [2.24, 2.45) is 0 Å². The minimum absolute atomic E-state index is 0.111. The number of carbonyl (C=O) groups excluding carboxylic acids is 1. The highest BCUT2D eigenvalue weighted by molar-refractivity contribution is 5.92. The van der Waals surface area contributed by atoms with Gasteiger partial charge < -0.3 is 20.5 Å². The summed E-state index contributed by atoms with van der Waals surface area (Å²) in [7, 11) is 0. The van der Waals surface area contributed by atoms with Gasteiger partial charge in [0.05, 0.1) is 6.10 Å². The van der Waals surface area contributed by atoms with E-state index in [9.17, 15) is 20.0 Å². The zero-order valence-electron chi connectivity index (χ0n) is 9.47. The third-order valence-corrected chi connectivity index (χ3v) is 2.23. The molecule has 0 bridgehead atoms. The topological polar surface area (TPSA) is 108 Å². The summed E-state index contributed by atoms with van der Waals surface area (Å²) in [6.07, 6.45) is 0.838. The molecular weight excluding hydrogens is 226 g/mol. The fourth-order valence-corrected chi connectivity index (χ4v) is 1.36. The Labute approximate surface area is 98.0 Å². The number of nitrogens with one attached hydrogen (secondary N) is 2. The third kappa shape index (κ3) is 3.87. The number of H-pyrrole nitrogens is 1. The van der Waals surface area contributed by atoms with Crippen LogP contribution in [0.3, 0.4) is 0 Å². The van der Waals surface area contributed by atoms with Crippen molar-refractivity contribution < 1.29 is 14.8 Å². The molecule has 94 valence electrons. The fourth-order valence-electron chi connectivity index (χ4n) is 1.36. The number of nitrogens with zero attached hydrogens (tertiary/aromatic N) is 1. The summed E-state index contributed by atoms with van der Waals surface area (Å²) < 4.78 is 0. The Morgan fingerprint density at radius 2 is 2.35 bits per heavy atom. The van der Waals surface area contributed by atoms with Crippen LogP contribution in [0.2, 0.25) is 0 Å². The maximum absolute atomic E-state index is 11.5. The van der Waals surface area contributed by atoms with E-state index >= 15 is 0 Å². The van der Waals surface area contributed by atoms with E-state index in [1.54, 1.807) is 0 Å². The first-order valence-corrected chi connectivity index (χ1v) is 5.34. The predicted octanol–water partition coefficient (Wildman–Crippen LogP) is 0.814. The number of aliphatic hydroxyl groups is 1. The first kappa shape index (κ1) is 13.2. The number of hydrogen-bond donors (Lipinski definition) is 3. The van der Waals surface area contributed by atoms with Crippen molar-refractivity contribution in [2.45, 2.75) is 25.9 Å². The number of amides is 1. The van der Waals surface area contributed by atoms with Crippen LogP contribution in [-0.4, -0.2) is 33.6 Å². The standard InChI is InChI=1S/C10H15N3O4/c1-2-3-7(14)6-11-10(15)8-4-5-9(12-8)13(16)17/h4-5,7,12,14H,2-3,6H2,1H3,(H,11,15). The second-order valence-corrected chi connectivity index (χ2v) is 3.67. The van der Waals surface area contributed by atoms with E-state index in [1.165, 1.54) is 12.1 Å². The van der Waals surface area contributed by atoms with E-state index in [0.717, 1.165) is 6.42 Å². The van der Waals surface area contributed by atoms with E-state index in [2.05, 4.69) is 10.3 Å². The van der Waals surface area contributed by atoms with Gasteiger partial charge in [-0.15, -0.1) is 0 Å². The van der Waals surface area contributed by atoms with Gasteiger partial charge in [-0.05, 0) is 17.4 Å². The molecule has 17 heavy (non-hydrogen) atoms. The van der Waals surface area contributed by atoms with Crippen LogP contribution in [0.4, 0.5) is 5.82 Å². The molecule has 7 heteroatoms. The second kappa shape index (κ2) is 6.00. The lowest BCUT2D eigenvalue weighted by Crippen LogP contribution is -2.32. The molecule has 0 spiro atoms. The Balaban J connectivity index is 2.49. The molecule has 0 radical (unpaired) electrons. The van der Waals surface area contributed by atoms with Gasteiger partial charge in [0.25, 0.3) is 5.91 Å². The first-order valence-electron chi connectivity index (χ1n) is 5.34. The smallest absolute Gasteiger partial charge is 0.321 e. The predicted molar refractivity (Wildman–Crippen MR) is 60.7 cm³/mol. The molecule has 1 rings (SSSR count). The maximum atomic E-state index is 11.5. The molecule has 1 heterocycles. The molecule has 3 N–H and O–H groups in total. The summed E-state index contributed by atoms with van der Waals surface area (Å²) in [5, 5.41) is 22.3. The van der Waals surface area contributed by atoms with E-state index in [-0.39, 0.29) is 18.1 Å². The van der Waals surface area contributed by atoms with Crippen LogP contribution in [0.1, 0.15) is 30.3 Å². The van der Waals surface area contributed by atoms with Gasteiger partial charge in [0.15, 0.2) is 5.69 Å². The van der Waals surface area contributed by atoms with Crippen molar-refractivity contribution in [1.82, 2.24) is 10.3 Å². The average molecular weight is 241 g/mol. The largest absolute Gasteiger partial charge is 0.391 e. The van der Waals surface area contributed by atoms with Gasteiger partial charge in [0, 0.05) is 12.6 Å². The van der Waals surface area contributed by atoms with Gasteiger partial charge in [-0.2, -0.15) is 0 Å². The SMILES string of the molecule is CCCC(O)CNC(=O)c1ccc([N+](=O)[O-])[nH]1. The summed E-state index contributed by atoms with van der Waals surface area (Å²) >= 11 is 0. The van der Waals surface area contributed by atoms with Gasteiger partial charge in [-0.1, -0.05) is 13.3 Å². The summed E-state index contributed by atoms with van der Waals surface area (Å²) in [5.74, 6) is -0.697. The van der Waals surface area contributed by atoms with Crippen molar-refractivity contribution in [3.05, 3.63) is 27.9 Å². The van der Waals surface area contributed by atoms with Gasteiger partial charge in [0.1, 0.15) is 0 Å². The van der Waals surface area contributed by atoms with Crippen LogP contribution in [0, 0.1) is 10.1 Å². The molecular formula is C10H15N3O4. The van der Waals surface area contributed by atoms with Gasteiger partial charge in [-0.25, -0.2) is 4.98 Å². The Bertz CT molecular complexity index is 402. The van der Waals surface area contributed by atoms with Gasteiger partial charge in [0.2, 0.25) is 0 Å². The Morgan fingerprint density at radius 3 is 2.88 bits per heavy atom. The van der Waals surface area contributed by atoms with Crippen LogP contribution in [0.25, 0.3) is 0 Å². The van der Waals surface area contributed by atoms with Crippen LogP contribution in [0.5, 0.6) is 0 Å². The molecule has 7 nitrogen and oxygen atoms in total. The normalized spacial score (nSPS) is 12.1. The highest BCUT2D eigenvalue weighted by Gasteiger charge is 2.15. The summed E-state index contributed by atoms with van der Waals surface area (Å²) in [6.45, 7) is 2.07. The maximum Gasteiger partial charge on any atom is 0.321 e. The molecule has 0 aliphatic rings. The molecule has 1 unspecified atom stereocenters. The number of rotatable bonds is 6. The van der Waals surface area contributed by atoms with E-state index in [0.29, 0.717) is 6.42 Å². The molecule has 1 amide bonds. The minimum Gasteiger partial charge on any atom is -0.391 e. The molecule has 0 aliphatic carbocycles. The monoisotopic (exact) mass is 241 g/mol. The average Bonchev–Trinajstić information content (AvgIpc) is 2.75. The molecule has 1 aromatic heterocycles. The summed E-state index contributed by atoms with van der Waals surface area (Å²) in [4.78, 5) is 23.7. The molecule has 1 aromatic rings. The highest BCUT2D eigenvalue weighted by Crippen LogP contribution is 2.09. The zero-order valence-corrected chi connectivity index (χ0v) is 9.47. The lowest BCUT2D eigenvalue weighted by atomic mass is 10.2. The van der Waals surface area contributed by atoms with E-state index in [4.69, 9.17) is 0 Å². The molecule has 0 fully saturated rings. The Hall–Kier alpha value is -1.89. The van der Waals surface area contributed by atoms with E-state index < -0.39 is 16.9 Å². The summed E-state index contributed by atoms with van der Waals surface area (Å²) in [5.41, 5.74) is 0.111. The Morgan fingerprint density at radius 1 is 1.65 bits per heavy atom. The molecule has 0 aliphatic heterocycles. The molecule has 0 aromatic carbocycles. The second-order valence-electron chi connectivity index (χ2n) is 3.67. The minimum atomic E-state index is -0.608. The van der Waals surface area contributed by atoms with Crippen molar-refractivity contribution in [1.29, 1.82) is 0 Å². The number of aromatic amines is 1. The van der Waals surface area contributed by atoms with Crippen LogP contribution < -0.4 is 5.32 Å². The number of hydrogen-bond acceptors (Lipinski definition) is 4. The lowest BCUT2D eigenvalue weighted by molar-refractivity contribution is -0.389. The molecule has 0 saturated heterocycles. The number of aromatic nitrogens is 1. The van der Waals surface area contributed by atoms with E-state index in [1.807, 2.05) is 6.92 Å². The number of carbonyl (C=O) groups is 1. The van der Waals surface area contributed by atoms with Crippen LogP contribution in [0.15, 0.2) is 12.1 Å². The Kier molecular flexibility index (Phi) is 4.65. The van der Waals surface area contributed by atoms with Gasteiger partial charge in [-0.3, -0.25) is 4.79 Å². The van der Waals surface area contributed by atoms with Crippen LogP contribution in [-0.2, 0) is 0 Å². The first-order chi connectivity index (χ1) is 8.04. The highest BCUT2D eigenvalue weighted by atomic mass is 16.6. The van der Waals surface area contributed by atoms with Crippen molar-refractivity contribution >= 4 is 11.7 Å². The number of aliphatic hydroxyl groups excluding tert-OH is 1. The molecule has 0 saturated carbocycles. The summed E-state index contributed by atoms with van der Waals surface area (Å²) in [6, 6.07) is 2.55. The fraction of sp³-hybridized carbons (Fsp3) is 0.500. The van der Waals surface area contributed by atoms with Crippen molar-refractivity contribution in [2.75, 3.05) is 6.54 Å². The van der Waals surface area contributed by atoms with Crippen molar-refractivity contribution in [3.8, 4) is 0 Å². The lowest BCUT2D eigenvalue weighted by Gasteiger charge is -2.08. The number of nitro groups is 1. The quantitative estimate of drug-likeness (QED) is 0.506.